The summed E-state index contributed by atoms with van der Waals surface area (Å²) in [6, 6.07) is 7.56. The summed E-state index contributed by atoms with van der Waals surface area (Å²) in [5.41, 5.74) is 5.33. The lowest BCUT2D eigenvalue weighted by Gasteiger charge is -2.18. The number of rotatable bonds is 6. The maximum absolute atomic E-state index is 12.5. The Bertz CT molecular complexity index is 1030. The highest BCUT2D eigenvalue weighted by atomic mass is 32.1. The summed E-state index contributed by atoms with van der Waals surface area (Å²) in [7, 11) is 3.89. The van der Waals surface area contributed by atoms with E-state index in [1.807, 2.05) is 43.3 Å². The average Bonchev–Trinajstić information content (AvgIpc) is 3.10. The zero-order valence-corrected chi connectivity index (χ0v) is 19.5. The van der Waals surface area contributed by atoms with Gasteiger partial charge in [-0.2, -0.15) is 5.10 Å². The van der Waals surface area contributed by atoms with E-state index in [9.17, 15) is 14.4 Å². The van der Waals surface area contributed by atoms with Crippen LogP contribution in [-0.4, -0.2) is 44.7 Å². The van der Waals surface area contributed by atoms with E-state index in [0.29, 0.717) is 16.5 Å². The fourth-order valence-electron chi connectivity index (χ4n) is 3.49. The van der Waals surface area contributed by atoms with E-state index in [0.717, 1.165) is 41.0 Å². The molecule has 8 nitrogen and oxygen atoms in total. The van der Waals surface area contributed by atoms with Gasteiger partial charge in [0.05, 0.1) is 18.4 Å². The molecule has 9 heteroatoms. The number of fused-ring (bicyclic) bond motifs is 1. The second-order valence-corrected chi connectivity index (χ2v) is 9.02. The number of carbonyl (C=O) groups excluding carboxylic acids is 3. The Balaban J connectivity index is 1.68. The standard InChI is InChI=1S/C23H28N4O4S/c1-5-31-23(30)19-17-11-6-14(2)12-18(17)32-22(19)25-20(28)21(29)26-24-13-15-7-9-16(10-8-15)27(3)4/h7-10,13-14H,5-6,11-12H2,1-4H3,(H,25,28)(H,26,29). The largest absolute Gasteiger partial charge is 0.462 e. The van der Waals surface area contributed by atoms with Gasteiger partial charge in [-0.05, 0) is 55.4 Å². The van der Waals surface area contributed by atoms with Crippen molar-refractivity contribution in [1.82, 2.24) is 5.43 Å². The number of ether oxygens (including phenoxy) is 1. The van der Waals surface area contributed by atoms with Gasteiger partial charge in [0.25, 0.3) is 0 Å². The van der Waals surface area contributed by atoms with Crippen LogP contribution < -0.4 is 15.6 Å². The minimum atomic E-state index is -0.916. The van der Waals surface area contributed by atoms with Gasteiger partial charge in [0, 0.05) is 24.7 Å². The van der Waals surface area contributed by atoms with Crippen molar-refractivity contribution in [2.24, 2.45) is 11.0 Å². The Morgan fingerprint density at radius 3 is 2.59 bits per heavy atom. The fraction of sp³-hybridized carbons (Fsp3) is 0.391. The van der Waals surface area contributed by atoms with E-state index < -0.39 is 17.8 Å². The molecule has 1 aliphatic rings. The third-order valence-electron chi connectivity index (χ3n) is 5.21. The highest BCUT2D eigenvalue weighted by Crippen LogP contribution is 2.40. The number of benzene rings is 1. The van der Waals surface area contributed by atoms with Crippen LogP contribution in [0.2, 0.25) is 0 Å². The van der Waals surface area contributed by atoms with Crippen molar-refractivity contribution in [1.29, 1.82) is 0 Å². The number of hydrogen-bond donors (Lipinski definition) is 2. The number of carbonyl (C=O) groups is 3. The Morgan fingerprint density at radius 1 is 1.22 bits per heavy atom. The lowest BCUT2D eigenvalue weighted by molar-refractivity contribution is -0.136. The van der Waals surface area contributed by atoms with E-state index in [-0.39, 0.29) is 6.61 Å². The van der Waals surface area contributed by atoms with Gasteiger partial charge in [-0.3, -0.25) is 9.59 Å². The van der Waals surface area contributed by atoms with E-state index in [1.165, 1.54) is 17.6 Å². The van der Waals surface area contributed by atoms with Gasteiger partial charge in [0.2, 0.25) is 0 Å². The predicted octanol–water partition coefficient (Wildman–Crippen LogP) is 3.20. The first kappa shape index (κ1) is 23.5. The van der Waals surface area contributed by atoms with E-state index in [2.05, 4.69) is 22.8 Å². The Hall–Kier alpha value is -3.20. The Morgan fingerprint density at radius 2 is 1.94 bits per heavy atom. The molecule has 1 aromatic heterocycles. The predicted molar refractivity (Wildman–Crippen MR) is 127 cm³/mol. The smallest absolute Gasteiger partial charge is 0.341 e. The number of nitrogens with one attached hydrogen (secondary N) is 2. The van der Waals surface area contributed by atoms with Crippen LogP contribution in [0, 0.1) is 5.92 Å². The SMILES string of the molecule is CCOC(=O)c1c(NC(=O)C(=O)NN=Cc2ccc(N(C)C)cc2)sc2c1CCC(C)C2. The molecule has 0 aliphatic heterocycles. The molecule has 1 aromatic carbocycles. The number of esters is 1. The molecular formula is C23H28N4O4S. The molecule has 0 saturated carbocycles. The van der Waals surface area contributed by atoms with Crippen LogP contribution in [-0.2, 0) is 27.2 Å². The summed E-state index contributed by atoms with van der Waals surface area (Å²) < 4.78 is 5.19. The van der Waals surface area contributed by atoms with Gasteiger partial charge < -0.3 is 15.0 Å². The van der Waals surface area contributed by atoms with Crippen molar-refractivity contribution >= 4 is 46.0 Å². The molecule has 0 spiro atoms. The first-order chi connectivity index (χ1) is 15.3. The van der Waals surface area contributed by atoms with Crippen LogP contribution >= 0.6 is 11.3 Å². The number of nitrogens with zero attached hydrogens (tertiary/aromatic N) is 2. The molecule has 3 rings (SSSR count). The molecule has 0 bridgehead atoms. The molecule has 1 aliphatic carbocycles. The molecule has 0 radical (unpaired) electrons. The number of thiophene rings is 1. The zero-order valence-electron chi connectivity index (χ0n) is 18.7. The van der Waals surface area contributed by atoms with Crippen molar-refractivity contribution in [2.75, 3.05) is 30.9 Å². The lowest BCUT2D eigenvalue weighted by atomic mass is 9.88. The van der Waals surface area contributed by atoms with E-state index in [4.69, 9.17) is 4.74 Å². The molecule has 2 N–H and O–H groups in total. The zero-order chi connectivity index (χ0) is 23.3. The van der Waals surface area contributed by atoms with Crippen molar-refractivity contribution in [3.8, 4) is 0 Å². The second kappa shape index (κ2) is 10.4. The Kier molecular flexibility index (Phi) is 7.63. The molecule has 2 amide bonds. The summed E-state index contributed by atoms with van der Waals surface area (Å²) in [5, 5.41) is 6.78. The minimum absolute atomic E-state index is 0.234. The number of amides is 2. The van der Waals surface area contributed by atoms with E-state index >= 15 is 0 Å². The maximum Gasteiger partial charge on any atom is 0.341 e. The Labute approximate surface area is 191 Å². The third-order valence-corrected chi connectivity index (χ3v) is 6.38. The molecule has 1 heterocycles. The van der Waals surface area contributed by atoms with Crippen LogP contribution in [0.1, 0.15) is 46.6 Å². The monoisotopic (exact) mass is 456 g/mol. The summed E-state index contributed by atoms with van der Waals surface area (Å²) >= 11 is 1.33. The van der Waals surface area contributed by atoms with Crippen LogP contribution in [0.15, 0.2) is 29.4 Å². The maximum atomic E-state index is 12.5. The van der Waals surface area contributed by atoms with E-state index in [1.54, 1.807) is 6.92 Å². The minimum Gasteiger partial charge on any atom is -0.462 e. The van der Waals surface area contributed by atoms with Gasteiger partial charge >= 0.3 is 17.8 Å². The van der Waals surface area contributed by atoms with Gasteiger partial charge in [0.15, 0.2) is 0 Å². The highest BCUT2D eigenvalue weighted by molar-refractivity contribution is 7.17. The molecule has 170 valence electrons. The van der Waals surface area contributed by atoms with Crippen LogP contribution in [0.5, 0.6) is 0 Å². The molecule has 1 unspecified atom stereocenters. The van der Waals surface area contributed by atoms with Crippen molar-refractivity contribution in [2.45, 2.75) is 33.1 Å². The number of anilines is 2. The third kappa shape index (κ3) is 5.53. The van der Waals surface area contributed by atoms with Crippen molar-refractivity contribution in [3.05, 3.63) is 45.8 Å². The number of hydrogen-bond acceptors (Lipinski definition) is 7. The normalized spacial score (nSPS) is 15.2. The summed E-state index contributed by atoms with van der Waals surface area (Å²) in [6.45, 7) is 4.12. The molecule has 0 fully saturated rings. The van der Waals surface area contributed by atoms with Crippen LogP contribution in [0.4, 0.5) is 10.7 Å². The average molecular weight is 457 g/mol. The first-order valence-electron chi connectivity index (χ1n) is 10.5. The highest BCUT2D eigenvalue weighted by Gasteiger charge is 2.30. The van der Waals surface area contributed by atoms with Gasteiger partial charge in [-0.1, -0.05) is 19.1 Å². The molecule has 1 atom stereocenters. The quantitative estimate of drug-likeness (QED) is 0.301. The molecule has 2 aromatic rings. The molecular weight excluding hydrogens is 428 g/mol. The van der Waals surface area contributed by atoms with Crippen LogP contribution in [0.25, 0.3) is 0 Å². The van der Waals surface area contributed by atoms with Gasteiger partial charge in [0.1, 0.15) is 5.00 Å². The summed E-state index contributed by atoms with van der Waals surface area (Å²) in [4.78, 5) is 40.2. The van der Waals surface area contributed by atoms with Gasteiger partial charge in [-0.25, -0.2) is 10.2 Å². The summed E-state index contributed by atoms with van der Waals surface area (Å²) in [5.74, 6) is -1.78. The fourth-order valence-corrected chi connectivity index (χ4v) is 4.89. The first-order valence-corrected chi connectivity index (χ1v) is 11.3. The molecule has 32 heavy (non-hydrogen) atoms. The lowest BCUT2D eigenvalue weighted by Crippen LogP contribution is -2.32. The molecule has 0 saturated heterocycles. The van der Waals surface area contributed by atoms with Gasteiger partial charge in [-0.15, -0.1) is 11.3 Å². The van der Waals surface area contributed by atoms with Crippen LogP contribution in [0.3, 0.4) is 0 Å². The van der Waals surface area contributed by atoms with Crippen molar-refractivity contribution < 1.29 is 19.1 Å². The number of hydrazone groups is 1. The summed E-state index contributed by atoms with van der Waals surface area (Å²) in [6.07, 6.45) is 4.01. The topological polar surface area (TPSA) is 100 Å². The van der Waals surface area contributed by atoms with Crippen molar-refractivity contribution in [3.63, 3.8) is 0 Å². The second-order valence-electron chi connectivity index (χ2n) is 7.92.